The van der Waals surface area contributed by atoms with E-state index in [4.69, 9.17) is 5.73 Å². The van der Waals surface area contributed by atoms with Gasteiger partial charge in [0.05, 0.1) is 0 Å². The third kappa shape index (κ3) is 1.92. The second-order valence-corrected chi connectivity index (χ2v) is 3.66. The standard InChI is InChI=1S/C14H15N/c1-11-13(10-15)8-5-9-14(11)12-6-3-2-4-7-12/h2-9H,10,15H2,1H3. The summed E-state index contributed by atoms with van der Waals surface area (Å²) in [4.78, 5) is 0. The van der Waals surface area contributed by atoms with Crippen LogP contribution in [0.15, 0.2) is 48.5 Å². The lowest BCUT2D eigenvalue weighted by atomic mass is 9.97. The summed E-state index contributed by atoms with van der Waals surface area (Å²) in [6.07, 6.45) is 0. The molecule has 0 saturated carbocycles. The lowest BCUT2D eigenvalue weighted by molar-refractivity contribution is 1.05. The van der Waals surface area contributed by atoms with Crippen LogP contribution in [-0.2, 0) is 6.54 Å². The van der Waals surface area contributed by atoms with Crippen LogP contribution in [-0.4, -0.2) is 0 Å². The van der Waals surface area contributed by atoms with Crippen LogP contribution >= 0.6 is 0 Å². The molecule has 0 bridgehead atoms. The summed E-state index contributed by atoms with van der Waals surface area (Å²) in [6, 6.07) is 16.7. The van der Waals surface area contributed by atoms with Gasteiger partial charge in [-0.2, -0.15) is 0 Å². The largest absolute Gasteiger partial charge is 0.326 e. The highest BCUT2D eigenvalue weighted by Crippen LogP contribution is 2.24. The Hall–Kier alpha value is -1.60. The van der Waals surface area contributed by atoms with Crippen molar-refractivity contribution in [2.24, 2.45) is 5.73 Å². The summed E-state index contributed by atoms with van der Waals surface area (Å²) in [5, 5.41) is 0. The number of hydrogen-bond acceptors (Lipinski definition) is 1. The topological polar surface area (TPSA) is 26.0 Å². The minimum Gasteiger partial charge on any atom is -0.326 e. The minimum atomic E-state index is 0.604. The van der Waals surface area contributed by atoms with Crippen molar-refractivity contribution in [2.75, 3.05) is 0 Å². The molecule has 0 heterocycles. The van der Waals surface area contributed by atoms with Crippen molar-refractivity contribution in [3.05, 3.63) is 59.7 Å². The first-order valence-electron chi connectivity index (χ1n) is 5.17. The molecule has 1 heteroatoms. The monoisotopic (exact) mass is 197 g/mol. The van der Waals surface area contributed by atoms with Gasteiger partial charge in [0.15, 0.2) is 0 Å². The van der Waals surface area contributed by atoms with Crippen molar-refractivity contribution in [1.29, 1.82) is 0 Å². The molecule has 76 valence electrons. The van der Waals surface area contributed by atoms with Crippen molar-refractivity contribution in [3.8, 4) is 11.1 Å². The third-order valence-corrected chi connectivity index (χ3v) is 2.75. The van der Waals surface area contributed by atoms with E-state index in [1.807, 2.05) is 6.07 Å². The maximum atomic E-state index is 5.70. The Morgan fingerprint density at radius 3 is 2.33 bits per heavy atom. The Kier molecular flexibility index (Phi) is 2.84. The second kappa shape index (κ2) is 4.28. The molecule has 2 rings (SSSR count). The maximum absolute atomic E-state index is 5.70. The molecule has 0 radical (unpaired) electrons. The Labute approximate surface area is 90.6 Å². The first-order chi connectivity index (χ1) is 7.33. The fourth-order valence-electron chi connectivity index (χ4n) is 1.84. The molecule has 0 fully saturated rings. The van der Waals surface area contributed by atoms with Gasteiger partial charge in [-0.1, -0.05) is 48.5 Å². The van der Waals surface area contributed by atoms with Gasteiger partial charge in [-0.3, -0.25) is 0 Å². The minimum absolute atomic E-state index is 0.604. The maximum Gasteiger partial charge on any atom is 0.0180 e. The first-order valence-corrected chi connectivity index (χ1v) is 5.17. The summed E-state index contributed by atoms with van der Waals surface area (Å²) in [7, 11) is 0. The van der Waals surface area contributed by atoms with E-state index in [9.17, 15) is 0 Å². The number of hydrogen-bond donors (Lipinski definition) is 1. The predicted octanol–water partition coefficient (Wildman–Crippen LogP) is 3.12. The average Bonchev–Trinajstić information content (AvgIpc) is 2.30. The van der Waals surface area contributed by atoms with Crippen molar-refractivity contribution in [1.82, 2.24) is 0 Å². The van der Waals surface area contributed by atoms with Crippen LogP contribution in [0.4, 0.5) is 0 Å². The van der Waals surface area contributed by atoms with E-state index in [0.717, 1.165) is 0 Å². The Bertz CT molecular complexity index is 446. The molecule has 2 N–H and O–H groups in total. The van der Waals surface area contributed by atoms with Gasteiger partial charge in [-0.05, 0) is 29.2 Å². The van der Waals surface area contributed by atoms with E-state index < -0.39 is 0 Å². The van der Waals surface area contributed by atoms with E-state index in [0.29, 0.717) is 6.54 Å². The van der Waals surface area contributed by atoms with Gasteiger partial charge in [0.25, 0.3) is 0 Å². The Morgan fingerprint density at radius 2 is 1.67 bits per heavy atom. The molecule has 2 aromatic carbocycles. The average molecular weight is 197 g/mol. The van der Waals surface area contributed by atoms with E-state index in [1.165, 1.54) is 22.3 Å². The van der Waals surface area contributed by atoms with E-state index in [-0.39, 0.29) is 0 Å². The van der Waals surface area contributed by atoms with Crippen LogP contribution in [0.2, 0.25) is 0 Å². The smallest absolute Gasteiger partial charge is 0.0180 e. The van der Waals surface area contributed by atoms with Crippen LogP contribution in [0.25, 0.3) is 11.1 Å². The molecule has 0 aliphatic heterocycles. The van der Waals surface area contributed by atoms with Gasteiger partial charge in [0, 0.05) is 6.54 Å². The molecule has 0 saturated heterocycles. The second-order valence-electron chi connectivity index (χ2n) is 3.66. The van der Waals surface area contributed by atoms with Crippen LogP contribution < -0.4 is 5.73 Å². The van der Waals surface area contributed by atoms with E-state index in [1.54, 1.807) is 0 Å². The predicted molar refractivity (Wildman–Crippen MR) is 64.5 cm³/mol. The molecule has 0 aromatic heterocycles. The van der Waals surface area contributed by atoms with Gasteiger partial charge >= 0.3 is 0 Å². The molecule has 0 unspecified atom stereocenters. The molecule has 15 heavy (non-hydrogen) atoms. The van der Waals surface area contributed by atoms with Gasteiger partial charge in [-0.25, -0.2) is 0 Å². The Morgan fingerprint density at radius 1 is 0.933 bits per heavy atom. The van der Waals surface area contributed by atoms with E-state index >= 15 is 0 Å². The molecule has 2 aromatic rings. The zero-order chi connectivity index (χ0) is 10.7. The first kappa shape index (κ1) is 9.94. The van der Waals surface area contributed by atoms with Crippen molar-refractivity contribution < 1.29 is 0 Å². The van der Waals surface area contributed by atoms with Gasteiger partial charge < -0.3 is 5.73 Å². The van der Waals surface area contributed by atoms with Crippen LogP contribution in [0.5, 0.6) is 0 Å². The highest BCUT2D eigenvalue weighted by molar-refractivity contribution is 5.68. The highest BCUT2D eigenvalue weighted by atomic mass is 14.5. The molecule has 1 nitrogen and oxygen atoms in total. The Balaban J connectivity index is 2.54. The van der Waals surface area contributed by atoms with Gasteiger partial charge in [-0.15, -0.1) is 0 Å². The number of benzene rings is 2. The zero-order valence-electron chi connectivity index (χ0n) is 8.90. The van der Waals surface area contributed by atoms with Gasteiger partial charge in [0.1, 0.15) is 0 Å². The molecule has 0 aliphatic carbocycles. The normalized spacial score (nSPS) is 10.3. The molecule has 0 amide bonds. The van der Waals surface area contributed by atoms with Crippen LogP contribution in [0, 0.1) is 6.92 Å². The van der Waals surface area contributed by atoms with Crippen LogP contribution in [0.1, 0.15) is 11.1 Å². The third-order valence-electron chi connectivity index (χ3n) is 2.75. The van der Waals surface area contributed by atoms with Crippen molar-refractivity contribution in [2.45, 2.75) is 13.5 Å². The summed E-state index contributed by atoms with van der Waals surface area (Å²) >= 11 is 0. The zero-order valence-corrected chi connectivity index (χ0v) is 8.90. The fraction of sp³-hybridized carbons (Fsp3) is 0.143. The molecule has 0 spiro atoms. The van der Waals surface area contributed by atoms with Crippen molar-refractivity contribution >= 4 is 0 Å². The number of rotatable bonds is 2. The molecular weight excluding hydrogens is 182 g/mol. The quantitative estimate of drug-likeness (QED) is 0.786. The summed E-state index contributed by atoms with van der Waals surface area (Å²) in [6.45, 7) is 2.73. The molecule has 0 atom stereocenters. The summed E-state index contributed by atoms with van der Waals surface area (Å²) in [5.41, 5.74) is 10.7. The summed E-state index contributed by atoms with van der Waals surface area (Å²) in [5.74, 6) is 0. The summed E-state index contributed by atoms with van der Waals surface area (Å²) < 4.78 is 0. The van der Waals surface area contributed by atoms with Crippen molar-refractivity contribution in [3.63, 3.8) is 0 Å². The van der Waals surface area contributed by atoms with Gasteiger partial charge in [0.2, 0.25) is 0 Å². The fourth-order valence-corrected chi connectivity index (χ4v) is 1.84. The van der Waals surface area contributed by atoms with Crippen LogP contribution in [0.3, 0.4) is 0 Å². The SMILES string of the molecule is Cc1c(CN)cccc1-c1ccccc1. The lowest BCUT2D eigenvalue weighted by Gasteiger charge is -2.09. The number of nitrogens with two attached hydrogens (primary N) is 1. The lowest BCUT2D eigenvalue weighted by Crippen LogP contribution is -1.99. The molecular formula is C14H15N. The molecule has 0 aliphatic rings. The highest BCUT2D eigenvalue weighted by Gasteiger charge is 2.03. The van der Waals surface area contributed by atoms with E-state index in [2.05, 4.69) is 49.4 Å².